The molecule has 0 bridgehead atoms. The first-order valence-corrected chi connectivity index (χ1v) is 12.2. The first-order valence-electron chi connectivity index (χ1n) is 11.3. The number of primary amides is 1. The summed E-state index contributed by atoms with van der Waals surface area (Å²) in [5.74, 6) is -1.77. The molecule has 0 fully saturated rings. The van der Waals surface area contributed by atoms with Gasteiger partial charge in [-0.2, -0.15) is 13.2 Å². The van der Waals surface area contributed by atoms with Crippen molar-refractivity contribution in [3.8, 4) is 16.9 Å². The molecule has 2 amide bonds. The largest absolute Gasteiger partial charge is 0.496 e. The highest BCUT2D eigenvalue weighted by atomic mass is 32.1. The topological polar surface area (TPSA) is 116 Å². The quantitative estimate of drug-likeness (QED) is 0.309. The minimum atomic E-state index is -4.81. The van der Waals surface area contributed by atoms with Crippen molar-refractivity contribution in [1.29, 1.82) is 0 Å². The second kappa shape index (κ2) is 9.98. The summed E-state index contributed by atoms with van der Waals surface area (Å²) < 4.78 is 59.9. The molecule has 5 rings (SSSR count). The van der Waals surface area contributed by atoms with E-state index >= 15 is 0 Å². The zero-order chi connectivity index (χ0) is 27.9. The fourth-order valence-corrected chi connectivity index (χ4v) is 5.16. The second-order valence-electron chi connectivity index (χ2n) is 8.44. The van der Waals surface area contributed by atoms with Crippen LogP contribution in [0.2, 0.25) is 0 Å². The molecular formula is C26H18F4N4O4S. The number of anilines is 1. The van der Waals surface area contributed by atoms with Gasteiger partial charge in [-0.15, -0.1) is 11.3 Å². The van der Waals surface area contributed by atoms with Crippen LogP contribution in [0.15, 0.2) is 59.8 Å². The number of hydrogen-bond donors (Lipinski definition) is 2. The number of rotatable bonds is 6. The minimum Gasteiger partial charge on any atom is -0.496 e. The van der Waals surface area contributed by atoms with Gasteiger partial charge < -0.3 is 20.6 Å². The number of nitrogens with zero attached hydrogens (tertiary/aromatic N) is 2. The number of carbonyl (C=O) groups is 2. The number of benzene rings is 2. The minimum absolute atomic E-state index is 0.0234. The lowest BCUT2D eigenvalue weighted by Gasteiger charge is -2.14. The van der Waals surface area contributed by atoms with Crippen LogP contribution in [0.25, 0.3) is 21.3 Å². The summed E-state index contributed by atoms with van der Waals surface area (Å²) in [7, 11) is 1.49. The Bertz CT molecular complexity index is 1630. The predicted octanol–water partition coefficient (Wildman–Crippen LogP) is 5.36. The number of nitrogens with one attached hydrogen (secondary N) is 1. The van der Waals surface area contributed by atoms with Gasteiger partial charge in [-0.3, -0.25) is 9.59 Å². The molecular weight excluding hydrogens is 540 g/mol. The van der Waals surface area contributed by atoms with Gasteiger partial charge in [0.15, 0.2) is 0 Å². The van der Waals surface area contributed by atoms with Gasteiger partial charge in [-0.1, -0.05) is 29.4 Å². The van der Waals surface area contributed by atoms with Crippen molar-refractivity contribution in [3.05, 3.63) is 76.5 Å². The second-order valence-corrected chi connectivity index (χ2v) is 9.44. The van der Waals surface area contributed by atoms with Crippen LogP contribution in [0, 0.1) is 5.82 Å². The molecule has 0 saturated carbocycles. The summed E-state index contributed by atoms with van der Waals surface area (Å²) in [6.45, 7) is 0. The first kappa shape index (κ1) is 26.1. The van der Waals surface area contributed by atoms with Gasteiger partial charge >= 0.3 is 6.18 Å². The third-order valence-corrected chi connectivity index (χ3v) is 7.06. The van der Waals surface area contributed by atoms with Gasteiger partial charge in [0.25, 0.3) is 11.8 Å². The number of carbonyl (C=O) groups excluding carboxylic acids is 2. The van der Waals surface area contributed by atoms with E-state index in [0.717, 1.165) is 18.2 Å². The van der Waals surface area contributed by atoms with E-state index in [1.165, 1.54) is 19.2 Å². The lowest BCUT2D eigenvalue weighted by molar-refractivity contribution is -0.140. The fraction of sp³-hybridized carbons (Fsp3) is 0.154. The van der Waals surface area contributed by atoms with Crippen LogP contribution in [0.1, 0.15) is 27.3 Å². The number of methoxy groups -OCH3 is 1. The molecule has 200 valence electrons. The van der Waals surface area contributed by atoms with E-state index in [1.54, 1.807) is 24.3 Å². The number of ether oxygens (including phenoxy) is 1. The number of hydrogen-bond acceptors (Lipinski definition) is 7. The van der Waals surface area contributed by atoms with Gasteiger partial charge in [0.05, 0.1) is 18.5 Å². The standard InChI is InChI=1S/C26H18F4N4O4S/c1-37-17-5-3-2-4-14(17)16-11-18(38-34-16)24(36)33-21-20-15(12-6-8-13(27)9-7-12)10-19(26(28,29)30)32-25(20)39-22(21)23(31)35/h2-10,18H,11H2,1H3,(H2,31,35)(H,33,36). The normalized spacial score (nSPS) is 15.1. The summed E-state index contributed by atoms with van der Waals surface area (Å²) in [6, 6.07) is 12.5. The molecule has 1 unspecified atom stereocenters. The molecule has 0 radical (unpaired) electrons. The Balaban J connectivity index is 1.56. The first-order chi connectivity index (χ1) is 18.6. The Morgan fingerprint density at radius 2 is 1.85 bits per heavy atom. The van der Waals surface area contributed by atoms with E-state index in [4.69, 9.17) is 15.3 Å². The molecule has 13 heteroatoms. The van der Waals surface area contributed by atoms with E-state index in [1.807, 2.05) is 0 Å². The van der Waals surface area contributed by atoms with E-state index in [0.29, 0.717) is 28.4 Å². The van der Waals surface area contributed by atoms with Gasteiger partial charge in [0, 0.05) is 17.4 Å². The van der Waals surface area contributed by atoms with Crippen molar-refractivity contribution in [1.82, 2.24) is 4.98 Å². The third kappa shape index (κ3) is 5.00. The molecule has 8 nitrogen and oxygen atoms in total. The molecule has 1 aliphatic heterocycles. The number of aromatic nitrogens is 1. The Morgan fingerprint density at radius 1 is 1.13 bits per heavy atom. The smallest absolute Gasteiger partial charge is 0.433 e. The van der Waals surface area contributed by atoms with Crippen LogP contribution >= 0.6 is 11.3 Å². The average Bonchev–Trinajstić information content (AvgIpc) is 3.54. The lowest BCUT2D eigenvalue weighted by atomic mass is 10.0. The van der Waals surface area contributed by atoms with Crippen LogP contribution in [0.3, 0.4) is 0 Å². The number of pyridine rings is 1. The monoisotopic (exact) mass is 558 g/mol. The maximum atomic E-state index is 13.7. The SMILES string of the molecule is COc1ccccc1C1=NOC(C(=O)Nc2c(C(N)=O)sc3nc(C(F)(F)F)cc(-c4ccc(F)cc4)c23)C1. The van der Waals surface area contributed by atoms with E-state index in [-0.39, 0.29) is 38.3 Å². The van der Waals surface area contributed by atoms with Crippen LogP contribution in [-0.2, 0) is 15.8 Å². The molecule has 2 aromatic heterocycles. The van der Waals surface area contributed by atoms with E-state index in [2.05, 4.69) is 15.5 Å². The van der Waals surface area contributed by atoms with Gasteiger partial charge in [0.1, 0.15) is 27.0 Å². The molecule has 1 aliphatic rings. The number of halogens is 4. The highest BCUT2D eigenvalue weighted by molar-refractivity contribution is 7.21. The highest BCUT2D eigenvalue weighted by Crippen LogP contribution is 2.44. The number of alkyl halides is 3. The summed E-state index contributed by atoms with van der Waals surface area (Å²) in [6.07, 6.45) is -5.87. The Kier molecular flexibility index (Phi) is 6.68. The number of para-hydroxylation sites is 1. The Labute approximate surface area is 222 Å². The molecule has 1 atom stereocenters. The van der Waals surface area contributed by atoms with Crippen LogP contribution in [-0.4, -0.2) is 35.7 Å². The van der Waals surface area contributed by atoms with E-state index in [9.17, 15) is 27.2 Å². The van der Waals surface area contributed by atoms with E-state index < -0.39 is 35.6 Å². The fourth-order valence-electron chi connectivity index (χ4n) is 4.16. The summed E-state index contributed by atoms with van der Waals surface area (Å²) in [5, 5.41) is 6.62. The van der Waals surface area contributed by atoms with Crippen LogP contribution in [0.4, 0.5) is 23.2 Å². The average molecular weight is 559 g/mol. The number of amides is 2. The molecule has 3 N–H and O–H groups in total. The predicted molar refractivity (Wildman–Crippen MR) is 136 cm³/mol. The summed E-state index contributed by atoms with van der Waals surface area (Å²) in [5.41, 5.74) is 5.43. The van der Waals surface area contributed by atoms with Crippen molar-refractivity contribution in [2.24, 2.45) is 10.9 Å². The van der Waals surface area contributed by atoms with Crippen molar-refractivity contribution >= 4 is 44.8 Å². The van der Waals surface area contributed by atoms with Gasteiger partial charge in [-0.25, -0.2) is 9.37 Å². The zero-order valence-corrected chi connectivity index (χ0v) is 20.8. The van der Waals surface area contributed by atoms with Crippen molar-refractivity contribution in [2.75, 3.05) is 12.4 Å². The van der Waals surface area contributed by atoms with Crippen LogP contribution < -0.4 is 15.8 Å². The van der Waals surface area contributed by atoms with Crippen molar-refractivity contribution in [3.63, 3.8) is 0 Å². The highest BCUT2D eigenvalue weighted by Gasteiger charge is 2.36. The Hall–Kier alpha value is -4.52. The van der Waals surface area contributed by atoms with Crippen LogP contribution in [0.5, 0.6) is 5.75 Å². The molecule has 0 aliphatic carbocycles. The number of thiophene rings is 1. The molecule has 39 heavy (non-hydrogen) atoms. The lowest BCUT2D eigenvalue weighted by Crippen LogP contribution is -2.29. The van der Waals surface area contributed by atoms with Gasteiger partial charge in [-0.05, 0) is 41.5 Å². The molecule has 4 aromatic rings. The molecule has 2 aromatic carbocycles. The number of nitrogens with two attached hydrogens (primary N) is 1. The summed E-state index contributed by atoms with van der Waals surface area (Å²) >= 11 is 0.601. The number of fused-ring (bicyclic) bond motifs is 1. The third-order valence-electron chi connectivity index (χ3n) is 5.96. The maximum absolute atomic E-state index is 13.7. The molecule has 0 saturated heterocycles. The summed E-state index contributed by atoms with van der Waals surface area (Å²) in [4.78, 5) is 34.2. The zero-order valence-electron chi connectivity index (χ0n) is 20.0. The number of oxime groups is 1. The molecule has 3 heterocycles. The van der Waals surface area contributed by atoms with Gasteiger partial charge in [0.2, 0.25) is 6.10 Å². The molecule has 0 spiro atoms. The van der Waals surface area contributed by atoms with Crippen molar-refractivity contribution < 1.29 is 36.7 Å². The Morgan fingerprint density at radius 3 is 2.51 bits per heavy atom. The van der Waals surface area contributed by atoms with Crippen molar-refractivity contribution in [2.45, 2.75) is 18.7 Å². The maximum Gasteiger partial charge on any atom is 0.433 e.